The summed E-state index contributed by atoms with van der Waals surface area (Å²) in [6.45, 7) is 3.55. The molecule has 2 aromatic rings. The number of halogens is 1. The molecule has 0 spiro atoms. The Morgan fingerprint density at radius 1 is 1.29 bits per heavy atom. The van der Waals surface area contributed by atoms with Crippen LogP contribution in [0.3, 0.4) is 0 Å². The Hall–Kier alpha value is -2.39. The van der Waals surface area contributed by atoms with Gasteiger partial charge in [-0.2, -0.15) is 0 Å². The normalized spacial score (nSPS) is 17.6. The quantitative estimate of drug-likeness (QED) is 0.515. The minimum absolute atomic E-state index is 0.0636. The third kappa shape index (κ3) is 4.62. The zero-order valence-electron chi connectivity index (χ0n) is 16.8. The molecular weight excluding hydrogens is 456 g/mol. The topological polar surface area (TPSA) is 78.9 Å². The molecule has 6 nitrogen and oxygen atoms in total. The van der Waals surface area contributed by atoms with Crippen LogP contribution in [0.1, 0.15) is 30.5 Å². The highest BCUT2D eigenvalue weighted by Crippen LogP contribution is 2.36. The van der Waals surface area contributed by atoms with Crippen LogP contribution >= 0.6 is 35.6 Å². The lowest BCUT2D eigenvalue weighted by atomic mass is 9.96. The first-order valence-electron chi connectivity index (χ1n) is 9.45. The van der Waals surface area contributed by atoms with Crippen molar-refractivity contribution in [3.8, 4) is 5.75 Å². The van der Waals surface area contributed by atoms with E-state index in [0.29, 0.717) is 31.2 Å². The van der Waals surface area contributed by atoms with E-state index in [9.17, 15) is 14.7 Å². The summed E-state index contributed by atoms with van der Waals surface area (Å²) in [6.07, 6.45) is 1.73. The maximum atomic E-state index is 12.7. The zero-order valence-corrected chi connectivity index (χ0v) is 19.2. The Kier molecular flexibility index (Phi) is 5.83. The first kappa shape index (κ1) is 21.8. The predicted molar refractivity (Wildman–Crippen MR) is 126 cm³/mol. The highest BCUT2D eigenvalue weighted by atomic mass is 35.5. The number of hydrogen-bond acceptors (Lipinski definition) is 6. The number of aliphatic hydroxyl groups is 1. The number of anilines is 1. The minimum atomic E-state index is -1.11. The summed E-state index contributed by atoms with van der Waals surface area (Å²) in [5.41, 5.74) is 1.65. The van der Waals surface area contributed by atoms with E-state index in [4.69, 9.17) is 28.6 Å². The first-order valence-corrected chi connectivity index (χ1v) is 11.1. The number of nitrogens with one attached hydrogen (secondary N) is 1. The smallest absolute Gasteiger partial charge is 0.265 e. The molecular formula is C22H19ClN2O4S2. The van der Waals surface area contributed by atoms with Gasteiger partial charge in [-0.05, 0) is 55.3 Å². The fraction of sp³-hybridized carbons (Fsp3) is 0.227. The van der Waals surface area contributed by atoms with Crippen LogP contribution < -0.4 is 15.0 Å². The van der Waals surface area contributed by atoms with E-state index in [1.807, 2.05) is 12.1 Å². The molecule has 0 bridgehead atoms. The molecule has 0 saturated carbocycles. The number of carbonyl (C=O) groups is 2. The number of hydrogen-bond donors (Lipinski definition) is 2. The number of nitrogens with zero attached hydrogens (tertiary/aromatic N) is 1. The molecule has 2 aliphatic heterocycles. The largest absolute Gasteiger partial charge is 0.482 e. The van der Waals surface area contributed by atoms with Gasteiger partial charge in [0.2, 0.25) is 0 Å². The van der Waals surface area contributed by atoms with Crippen LogP contribution in [0, 0.1) is 0 Å². The van der Waals surface area contributed by atoms with Crippen LogP contribution in [0.4, 0.5) is 5.69 Å². The molecule has 2 aliphatic rings. The average Bonchev–Trinajstić information content (AvgIpc) is 3.01. The highest BCUT2D eigenvalue weighted by Gasteiger charge is 2.28. The maximum Gasteiger partial charge on any atom is 0.265 e. The number of fused-ring (bicyclic) bond motifs is 1. The minimum Gasteiger partial charge on any atom is -0.482 e. The van der Waals surface area contributed by atoms with Crippen molar-refractivity contribution in [2.24, 2.45) is 0 Å². The molecule has 0 radical (unpaired) electrons. The van der Waals surface area contributed by atoms with Crippen molar-refractivity contribution in [3.05, 3.63) is 63.0 Å². The van der Waals surface area contributed by atoms with Crippen LogP contribution in [-0.4, -0.2) is 27.8 Å². The molecule has 0 unspecified atom stereocenters. The summed E-state index contributed by atoms with van der Waals surface area (Å²) in [4.78, 5) is 26.8. The molecule has 31 heavy (non-hydrogen) atoms. The van der Waals surface area contributed by atoms with Gasteiger partial charge >= 0.3 is 0 Å². The van der Waals surface area contributed by atoms with Crippen molar-refractivity contribution < 1.29 is 19.4 Å². The molecule has 9 heteroatoms. The Balaban J connectivity index is 1.68. The van der Waals surface area contributed by atoms with Gasteiger partial charge in [0.05, 0.1) is 22.7 Å². The van der Waals surface area contributed by atoms with Crippen molar-refractivity contribution in [1.82, 2.24) is 5.32 Å². The molecule has 4 rings (SSSR count). The molecule has 1 saturated heterocycles. The second-order valence-corrected chi connectivity index (χ2v) is 9.85. The van der Waals surface area contributed by atoms with E-state index in [-0.39, 0.29) is 25.0 Å². The lowest BCUT2D eigenvalue weighted by Gasteiger charge is -2.30. The van der Waals surface area contributed by atoms with E-state index in [1.165, 1.54) is 11.8 Å². The third-order valence-corrected chi connectivity index (χ3v) is 6.39. The molecule has 0 atom stereocenters. The van der Waals surface area contributed by atoms with Crippen molar-refractivity contribution >= 4 is 63.5 Å². The van der Waals surface area contributed by atoms with Crippen molar-refractivity contribution in [1.29, 1.82) is 0 Å². The Morgan fingerprint density at radius 2 is 2.06 bits per heavy atom. The van der Waals surface area contributed by atoms with E-state index in [0.717, 1.165) is 11.1 Å². The maximum absolute atomic E-state index is 12.7. The summed E-state index contributed by atoms with van der Waals surface area (Å²) in [5.74, 6) is 0.154. The highest BCUT2D eigenvalue weighted by molar-refractivity contribution is 8.26. The van der Waals surface area contributed by atoms with Gasteiger partial charge in [0.1, 0.15) is 10.1 Å². The molecule has 2 N–H and O–H groups in total. The van der Waals surface area contributed by atoms with Crippen molar-refractivity contribution in [2.75, 3.05) is 11.5 Å². The van der Waals surface area contributed by atoms with Crippen LogP contribution in [0.5, 0.6) is 5.75 Å². The number of carbonyl (C=O) groups excluding carboxylic acids is 2. The van der Waals surface area contributed by atoms with E-state index < -0.39 is 5.60 Å². The fourth-order valence-corrected chi connectivity index (χ4v) is 4.77. The number of amides is 2. The predicted octanol–water partition coefficient (Wildman–Crippen LogP) is 3.98. The van der Waals surface area contributed by atoms with E-state index >= 15 is 0 Å². The van der Waals surface area contributed by atoms with Gasteiger partial charge < -0.3 is 20.1 Å². The summed E-state index contributed by atoms with van der Waals surface area (Å²) < 4.78 is 6.00. The molecule has 1 fully saturated rings. The van der Waals surface area contributed by atoms with E-state index in [1.54, 1.807) is 49.1 Å². The van der Waals surface area contributed by atoms with Gasteiger partial charge in [0.25, 0.3) is 11.8 Å². The zero-order chi connectivity index (χ0) is 22.3. The van der Waals surface area contributed by atoms with Gasteiger partial charge in [-0.15, -0.1) is 0 Å². The third-order valence-electron chi connectivity index (χ3n) is 4.90. The van der Waals surface area contributed by atoms with Crippen LogP contribution in [0.2, 0.25) is 5.02 Å². The van der Waals surface area contributed by atoms with Crippen LogP contribution in [-0.2, 0) is 21.7 Å². The van der Waals surface area contributed by atoms with Crippen molar-refractivity contribution in [3.63, 3.8) is 0 Å². The van der Waals surface area contributed by atoms with Gasteiger partial charge in [-0.25, -0.2) is 0 Å². The summed E-state index contributed by atoms with van der Waals surface area (Å²) in [5, 5.41) is 13.4. The lowest BCUT2D eigenvalue weighted by molar-refractivity contribution is -0.121. The van der Waals surface area contributed by atoms with Crippen LogP contribution in [0.15, 0.2) is 41.3 Å². The monoisotopic (exact) mass is 474 g/mol. The molecule has 0 aromatic heterocycles. The molecule has 0 aliphatic carbocycles. The lowest BCUT2D eigenvalue weighted by Crippen LogP contribution is -2.38. The number of thiocarbonyl (C=S) groups is 1. The standard InChI is InChI=1S/C22H19ClN2O4S2/c1-22(2,28)14-7-13(3-5-15(14)23)10-25-16-8-12(4-6-17(16)29-11-19(25)26)9-18-20(27)24-21(30)31-18/h3-9,28H,10-11H2,1-2H3,(H,24,27,30)/b18-9+. The van der Waals surface area contributed by atoms with Gasteiger partial charge in [0, 0.05) is 10.6 Å². The van der Waals surface area contributed by atoms with Gasteiger partial charge in [-0.3, -0.25) is 9.59 Å². The number of benzene rings is 2. The average molecular weight is 475 g/mol. The second kappa shape index (κ2) is 8.27. The molecule has 160 valence electrons. The Bertz CT molecular complexity index is 1140. The van der Waals surface area contributed by atoms with Crippen molar-refractivity contribution in [2.45, 2.75) is 26.0 Å². The first-order chi connectivity index (χ1) is 14.6. The van der Waals surface area contributed by atoms with Crippen LogP contribution in [0.25, 0.3) is 6.08 Å². The number of thioether (sulfide) groups is 1. The number of rotatable bonds is 4. The Morgan fingerprint density at radius 3 is 2.74 bits per heavy atom. The fourth-order valence-electron chi connectivity index (χ4n) is 3.38. The second-order valence-electron chi connectivity index (χ2n) is 7.72. The Labute approximate surface area is 194 Å². The SMILES string of the molecule is CC(C)(O)c1cc(CN2C(=O)COc3ccc(/C=C4/SC(=S)NC4=O)cc32)ccc1Cl. The number of ether oxygens (including phenoxy) is 1. The van der Waals surface area contributed by atoms with Gasteiger partial charge in [0.15, 0.2) is 6.61 Å². The summed E-state index contributed by atoms with van der Waals surface area (Å²) in [7, 11) is 0. The summed E-state index contributed by atoms with van der Waals surface area (Å²) in [6, 6.07) is 10.8. The molecule has 2 amide bonds. The summed E-state index contributed by atoms with van der Waals surface area (Å²) >= 11 is 12.5. The molecule has 2 aromatic carbocycles. The molecule has 2 heterocycles. The van der Waals surface area contributed by atoms with Gasteiger partial charge in [-0.1, -0.05) is 47.7 Å². The van der Waals surface area contributed by atoms with E-state index in [2.05, 4.69) is 5.32 Å².